The fourth-order valence-electron chi connectivity index (χ4n) is 2.99. The molecule has 3 heteroatoms. The van der Waals surface area contributed by atoms with Crippen molar-refractivity contribution >= 4 is 11.8 Å². The Morgan fingerprint density at radius 1 is 1.25 bits per heavy atom. The standard InChI is InChI=1S/C17H30N2S/c1-8-17(9-2,20-7)11-18-14(5)16-12(3)10-13(4)19-15(16)6/h10,14,18H,8-9,11H2,1-7H3. The molecule has 0 aliphatic carbocycles. The van der Waals surface area contributed by atoms with E-state index < -0.39 is 0 Å². The average Bonchev–Trinajstić information content (AvgIpc) is 2.39. The Kier molecular flexibility index (Phi) is 6.53. The smallest absolute Gasteiger partial charge is 0.0426 e. The zero-order chi connectivity index (χ0) is 15.3. The third kappa shape index (κ3) is 3.98. The molecule has 0 aliphatic heterocycles. The number of hydrogen-bond donors (Lipinski definition) is 1. The van der Waals surface area contributed by atoms with Gasteiger partial charge in [-0.05, 0) is 64.0 Å². The van der Waals surface area contributed by atoms with E-state index in [2.05, 4.69) is 64.2 Å². The molecule has 1 atom stereocenters. The average molecular weight is 295 g/mol. The van der Waals surface area contributed by atoms with Gasteiger partial charge < -0.3 is 5.32 Å². The van der Waals surface area contributed by atoms with E-state index in [4.69, 9.17) is 0 Å². The number of nitrogens with one attached hydrogen (secondary N) is 1. The SMILES string of the molecule is CCC(CC)(CNC(C)c1c(C)cc(C)nc1C)SC. The summed E-state index contributed by atoms with van der Waals surface area (Å²) in [5.74, 6) is 0. The van der Waals surface area contributed by atoms with Gasteiger partial charge in [0, 0.05) is 28.7 Å². The second-order valence-electron chi connectivity index (χ2n) is 5.78. The van der Waals surface area contributed by atoms with Crippen molar-refractivity contribution in [3.8, 4) is 0 Å². The third-order valence-electron chi connectivity index (χ3n) is 4.47. The molecule has 0 saturated heterocycles. The van der Waals surface area contributed by atoms with Crippen molar-refractivity contribution in [2.45, 2.75) is 65.2 Å². The van der Waals surface area contributed by atoms with E-state index in [-0.39, 0.29) is 0 Å². The summed E-state index contributed by atoms with van der Waals surface area (Å²) < 4.78 is 0.355. The van der Waals surface area contributed by atoms with Crippen LogP contribution in [0, 0.1) is 20.8 Å². The molecule has 1 N–H and O–H groups in total. The van der Waals surface area contributed by atoms with Gasteiger partial charge in [-0.2, -0.15) is 11.8 Å². The molecule has 0 aliphatic rings. The number of pyridine rings is 1. The maximum atomic E-state index is 4.62. The molecular formula is C17H30N2S. The molecule has 1 rings (SSSR count). The highest BCUT2D eigenvalue weighted by molar-refractivity contribution is 8.00. The Bertz CT molecular complexity index is 407. The first-order valence-corrected chi connectivity index (χ1v) is 8.84. The van der Waals surface area contributed by atoms with Crippen LogP contribution in [0.25, 0.3) is 0 Å². The van der Waals surface area contributed by atoms with E-state index in [1.54, 1.807) is 0 Å². The number of rotatable bonds is 7. The maximum Gasteiger partial charge on any atom is 0.0426 e. The number of aryl methyl sites for hydroxylation is 3. The van der Waals surface area contributed by atoms with Crippen LogP contribution in [-0.4, -0.2) is 22.5 Å². The molecule has 1 aromatic heterocycles. The zero-order valence-corrected chi connectivity index (χ0v) is 14.9. The Hall–Kier alpha value is -0.540. The maximum absolute atomic E-state index is 4.62. The molecule has 0 bridgehead atoms. The summed E-state index contributed by atoms with van der Waals surface area (Å²) in [6, 6.07) is 2.54. The van der Waals surface area contributed by atoms with Crippen LogP contribution in [0.3, 0.4) is 0 Å². The van der Waals surface area contributed by atoms with E-state index >= 15 is 0 Å². The van der Waals surface area contributed by atoms with Crippen molar-refractivity contribution in [2.24, 2.45) is 0 Å². The van der Waals surface area contributed by atoms with Crippen molar-refractivity contribution in [3.63, 3.8) is 0 Å². The summed E-state index contributed by atoms with van der Waals surface area (Å²) >= 11 is 1.99. The van der Waals surface area contributed by atoms with Gasteiger partial charge in [-0.3, -0.25) is 4.98 Å². The summed E-state index contributed by atoms with van der Waals surface area (Å²) in [6.45, 7) is 14.3. The minimum Gasteiger partial charge on any atom is -0.309 e. The molecular weight excluding hydrogens is 264 g/mol. The minimum atomic E-state index is 0.354. The quantitative estimate of drug-likeness (QED) is 0.797. The molecule has 2 nitrogen and oxygen atoms in total. The fourth-order valence-corrected chi connectivity index (χ4v) is 3.80. The molecule has 20 heavy (non-hydrogen) atoms. The van der Waals surface area contributed by atoms with Gasteiger partial charge in [0.05, 0.1) is 0 Å². The van der Waals surface area contributed by atoms with E-state index in [1.807, 2.05) is 11.8 Å². The van der Waals surface area contributed by atoms with Crippen LogP contribution in [0.1, 0.15) is 62.2 Å². The summed E-state index contributed by atoms with van der Waals surface area (Å²) in [5, 5.41) is 3.73. The molecule has 0 amide bonds. The Morgan fingerprint density at radius 2 is 1.85 bits per heavy atom. The van der Waals surface area contributed by atoms with Crippen molar-refractivity contribution in [1.82, 2.24) is 10.3 Å². The summed E-state index contributed by atoms with van der Waals surface area (Å²) in [4.78, 5) is 4.62. The van der Waals surface area contributed by atoms with Crippen LogP contribution >= 0.6 is 11.8 Å². The number of aromatic nitrogens is 1. The van der Waals surface area contributed by atoms with Gasteiger partial charge in [0.2, 0.25) is 0 Å². The van der Waals surface area contributed by atoms with Crippen LogP contribution in [-0.2, 0) is 0 Å². The Labute approximate surface area is 129 Å². The van der Waals surface area contributed by atoms with Crippen molar-refractivity contribution in [3.05, 3.63) is 28.6 Å². The highest BCUT2D eigenvalue weighted by Gasteiger charge is 2.25. The van der Waals surface area contributed by atoms with Crippen molar-refractivity contribution < 1.29 is 0 Å². The third-order valence-corrected chi connectivity index (χ3v) is 6.06. The first kappa shape index (κ1) is 17.5. The van der Waals surface area contributed by atoms with Gasteiger partial charge in [-0.15, -0.1) is 0 Å². The van der Waals surface area contributed by atoms with Crippen LogP contribution in [0.4, 0.5) is 0 Å². The predicted octanol–water partition coefficient (Wildman–Crippen LogP) is 4.58. The zero-order valence-electron chi connectivity index (χ0n) is 14.1. The van der Waals surface area contributed by atoms with Gasteiger partial charge in [0.1, 0.15) is 0 Å². The molecule has 0 spiro atoms. The van der Waals surface area contributed by atoms with Crippen LogP contribution in [0.15, 0.2) is 6.07 Å². The van der Waals surface area contributed by atoms with E-state index in [0.717, 1.165) is 17.9 Å². The van der Waals surface area contributed by atoms with Crippen molar-refractivity contribution in [2.75, 3.05) is 12.8 Å². The lowest BCUT2D eigenvalue weighted by Gasteiger charge is -2.32. The lowest BCUT2D eigenvalue weighted by molar-refractivity contribution is 0.457. The van der Waals surface area contributed by atoms with Gasteiger partial charge in [0.15, 0.2) is 0 Å². The molecule has 0 aromatic carbocycles. The monoisotopic (exact) mass is 294 g/mol. The molecule has 114 valence electrons. The predicted molar refractivity (Wildman–Crippen MR) is 91.7 cm³/mol. The topological polar surface area (TPSA) is 24.9 Å². The summed E-state index contributed by atoms with van der Waals surface area (Å²) in [6.07, 6.45) is 4.63. The summed E-state index contributed by atoms with van der Waals surface area (Å²) in [7, 11) is 0. The van der Waals surface area contributed by atoms with Gasteiger partial charge in [-0.1, -0.05) is 13.8 Å². The molecule has 1 unspecified atom stereocenters. The first-order valence-electron chi connectivity index (χ1n) is 7.62. The van der Waals surface area contributed by atoms with Crippen molar-refractivity contribution in [1.29, 1.82) is 0 Å². The normalized spacial score (nSPS) is 13.6. The van der Waals surface area contributed by atoms with Gasteiger partial charge >= 0.3 is 0 Å². The van der Waals surface area contributed by atoms with Crippen LogP contribution in [0.5, 0.6) is 0 Å². The minimum absolute atomic E-state index is 0.354. The molecule has 0 radical (unpaired) electrons. The molecule has 1 heterocycles. The molecule has 0 saturated carbocycles. The van der Waals surface area contributed by atoms with E-state index in [1.165, 1.54) is 24.0 Å². The number of nitrogens with zero attached hydrogens (tertiary/aromatic N) is 1. The largest absolute Gasteiger partial charge is 0.309 e. The highest BCUT2D eigenvalue weighted by Crippen LogP contribution is 2.31. The lowest BCUT2D eigenvalue weighted by Crippen LogP contribution is -2.38. The number of thioether (sulfide) groups is 1. The number of hydrogen-bond acceptors (Lipinski definition) is 3. The lowest BCUT2D eigenvalue weighted by atomic mass is 9.98. The highest BCUT2D eigenvalue weighted by atomic mass is 32.2. The van der Waals surface area contributed by atoms with E-state index in [9.17, 15) is 0 Å². The van der Waals surface area contributed by atoms with Crippen LogP contribution in [0.2, 0.25) is 0 Å². The Morgan fingerprint density at radius 3 is 2.30 bits per heavy atom. The van der Waals surface area contributed by atoms with Gasteiger partial charge in [0.25, 0.3) is 0 Å². The first-order chi connectivity index (χ1) is 9.39. The Balaban J connectivity index is 2.84. The summed E-state index contributed by atoms with van der Waals surface area (Å²) in [5.41, 5.74) is 4.97. The molecule has 1 aromatic rings. The van der Waals surface area contributed by atoms with Gasteiger partial charge in [-0.25, -0.2) is 0 Å². The molecule has 0 fully saturated rings. The second-order valence-corrected chi connectivity index (χ2v) is 7.05. The second kappa shape index (κ2) is 7.46. The van der Waals surface area contributed by atoms with Crippen LogP contribution < -0.4 is 5.32 Å². The fraction of sp³-hybridized carbons (Fsp3) is 0.706. The van der Waals surface area contributed by atoms with E-state index in [0.29, 0.717) is 10.8 Å².